The van der Waals surface area contributed by atoms with Crippen molar-refractivity contribution < 1.29 is 0 Å². The maximum atomic E-state index is 3.68. The largest absolute Gasteiger partial charge is 0.332 e. The summed E-state index contributed by atoms with van der Waals surface area (Å²) < 4.78 is 3.02. The molecular weight excluding hydrogens is 130 g/mol. The van der Waals surface area contributed by atoms with Gasteiger partial charge in [0, 0.05) is 11.1 Å². The maximum absolute atomic E-state index is 3.68. The molecule has 0 atom stereocenters. The highest BCUT2D eigenvalue weighted by atomic mass is 32.2. The van der Waals surface area contributed by atoms with Gasteiger partial charge in [0.1, 0.15) is 0 Å². The van der Waals surface area contributed by atoms with Crippen molar-refractivity contribution in [3.63, 3.8) is 0 Å². The lowest BCUT2D eigenvalue weighted by molar-refractivity contribution is 1.35. The van der Waals surface area contributed by atoms with Gasteiger partial charge in [-0.1, -0.05) is 12.7 Å². The van der Waals surface area contributed by atoms with E-state index in [2.05, 4.69) is 18.2 Å². The average Bonchev–Trinajstić information content (AvgIpc) is 1.89. The summed E-state index contributed by atoms with van der Waals surface area (Å²) in [6.07, 6.45) is 5.82. The van der Waals surface area contributed by atoms with Crippen LogP contribution in [-0.2, 0) is 0 Å². The normalized spacial score (nSPS) is 17.4. The zero-order valence-corrected chi connectivity index (χ0v) is 6.16. The van der Waals surface area contributed by atoms with Crippen molar-refractivity contribution in [3.8, 4) is 0 Å². The Labute approximate surface area is 59.7 Å². The summed E-state index contributed by atoms with van der Waals surface area (Å²) in [4.78, 5) is 1.21. The molecule has 0 fully saturated rings. The Hall–Kier alpha value is -0.630. The first-order chi connectivity index (χ1) is 4.34. The third-order valence-electron chi connectivity index (χ3n) is 1.14. The Morgan fingerprint density at radius 2 is 2.56 bits per heavy atom. The van der Waals surface area contributed by atoms with Crippen LogP contribution in [0.15, 0.2) is 35.4 Å². The number of hydrogen-bond donors (Lipinski definition) is 1. The first-order valence-corrected chi connectivity index (χ1v) is 3.58. The molecule has 0 spiro atoms. The van der Waals surface area contributed by atoms with Crippen LogP contribution >= 0.6 is 11.9 Å². The first-order valence-electron chi connectivity index (χ1n) is 2.77. The van der Waals surface area contributed by atoms with Crippen molar-refractivity contribution in [3.05, 3.63) is 35.4 Å². The van der Waals surface area contributed by atoms with Crippen LogP contribution in [0.3, 0.4) is 0 Å². The monoisotopic (exact) mass is 139 g/mol. The van der Waals surface area contributed by atoms with Gasteiger partial charge in [-0.05, 0) is 30.5 Å². The summed E-state index contributed by atoms with van der Waals surface area (Å²) in [5.41, 5.74) is 1.27. The van der Waals surface area contributed by atoms with Crippen LogP contribution in [0.2, 0.25) is 0 Å². The van der Waals surface area contributed by atoms with E-state index in [-0.39, 0.29) is 0 Å². The van der Waals surface area contributed by atoms with Gasteiger partial charge in [0.05, 0.1) is 0 Å². The van der Waals surface area contributed by atoms with Crippen LogP contribution in [0.25, 0.3) is 0 Å². The van der Waals surface area contributed by atoms with Crippen LogP contribution in [0.1, 0.15) is 6.92 Å². The van der Waals surface area contributed by atoms with Crippen molar-refractivity contribution >= 4 is 11.9 Å². The Morgan fingerprint density at radius 1 is 1.78 bits per heavy atom. The summed E-state index contributed by atoms with van der Waals surface area (Å²) in [5.74, 6) is 0. The number of allylic oxidation sites excluding steroid dienone is 3. The molecule has 0 amide bonds. The lowest BCUT2D eigenvalue weighted by Crippen LogP contribution is -1.97. The summed E-state index contributed by atoms with van der Waals surface area (Å²) in [6.45, 7) is 5.75. The predicted molar refractivity (Wildman–Crippen MR) is 42.8 cm³/mol. The minimum absolute atomic E-state index is 1.21. The number of nitrogens with one attached hydrogen (secondary N) is 1. The average molecular weight is 139 g/mol. The summed E-state index contributed by atoms with van der Waals surface area (Å²) in [5, 5.41) is 0. The van der Waals surface area contributed by atoms with E-state index in [1.54, 1.807) is 11.9 Å². The SMILES string of the molecule is C=CC1=C(C)C=CNS1. The molecule has 0 unspecified atom stereocenters. The molecule has 0 saturated heterocycles. The molecule has 1 N–H and O–H groups in total. The van der Waals surface area contributed by atoms with E-state index >= 15 is 0 Å². The minimum Gasteiger partial charge on any atom is -0.332 e. The molecule has 1 aliphatic heterocycles. The maximum Gasteiger partial charge on any atom is 0.0308 e. The van der Waals surface area contributed by atoms with Crippen LogP contribution < -0.4 is 4.72 Å². The summed E-state index contributed by atoms with van der Waals surface area (Å²) in [6, 6.07) is 0. The van der Waals surface area contributed by atoms with Crippen molar-refractivity contribution in [2.24, 2.45) is 0 Å². The van der Waals surface area contributed by atoms with Crippen molar-refractivity contribution in [2.75, 3.05) is 0 Å². The summed E-state index contributed by atoms with van der Waals surface area (Å²) in [7, 11) is 0. The van der Waals surface area contributed by atoms with Crippen LogP contribution in [0.4, 0.5) is 0 Å². The van der Waals surface area contributed by atoms with E-state index in [1.807, 2.05) is 18.4 Å². The van der Waals surface area contributed by atoms with Crippen LogP contribution in [0.5, 0.6) is 0 Å². The van der Waals surface area contributed by atoms with Crippen LogP contribution in [0, 0.1) is 0 Å². The van der Waals surface area contributed by atoms with E-state index < -0.39 is 0 Å². The molecule has 48 valence electrons. The molecule has 9 heavy (non-hydrogen) atoms. The zero-order valence-electron chi connectivity index (χ0n) is 5.35. The third kappa shape index (κ3) is 1.39. The van der Waals surface area contributed by atoms with Crippen molar-refractivity contribution in [1.29, 1.82) is 0 Å². The zero-order chi connectivity index (χ0) is 6.69. The van der Waals surface area contributed by atoms with Gasteiger partial charge in [-0.2, -0.15) is 0 Å². The molecule has 0 bridgehead atoms. The van der Waals surface area contributed by atoms with Gasteiger partial charge in [0.25, 0.3) is 0 Å². The number of rotatable bonds is 1. The fourth-order valence-corrected chi connectivity index (χ4v) is 1.20. The van der Waals surface area contributed by atoms with Crippen molar-refractivity contribution in [2.45, 2.75) is 6.92 Å². The molecule has 0 aliphatic carbocycles. The highest BCUT2D eigenvalue weighted by Crippen LogP contribution is 2.21. The van der Waals surface area contributed by atoms with Gasteiger partial charge in [0.15, 0.2) is 0 Å². The van der Waals surface area contributed by atoms with Gasteiger partial charge in [-0.25, -0.2) is 0 Å². The Bertz CT molecular complexity index is 179. The molecule has 1 nitrogen and oxygen atoms in total. The van der Waals surface area contributed by atoms with E-state index in [0.29, 0.717) is 0 Å². The molecule has 0 saturated carbocycles. The van der Waals surface area contributed by atoms with Crippen LogP contribution in [-0.4, -0.2) is 0 Å². The minimum atomic E-state index is 1.21. The first kappa shape index (κ1) is 6.49. The second-order valence-electron chi connectivity index (χ2n) is 1.80. The smallest absolute Gasteiger partial charge is 0.0308 e. The third-order valence-corrected chi connectivity index (χ3v) is 2.11. The Kier molecular flexibility index (Phi) is 2.01. The number of hydrogen-bond acceptors (Lipinski definition) is 2. The molecule has 0 aromatic carbocycles. The van der Waals surface area contributed by atoms with Gasteiger partial charge in [-0.3, -0.25) is 0 Å². The molecular formula is C7H9NS. The highest BCUT2D eigenvalue weighted by Gasteiger charge is 1.98. The van der Waals surface area contributed by atoms with E-state index in [1.165, 1.54) is 10.5 Å². The summed E-state index contributed by atoms with van der Waals surface area (Å²) >= 11 is 1.60. The van der Waals surface area contributed by atoms with E-state index in [9.17, 15) is 0 Å². The molecule has 1 rings (SSSR count). The molecule has 1 aliphatic rings. The van der Waals surface area contributed by atoms with Gasteiger partial charge >= 0.3 is 0 Å². The topological polar surface area (TPSA) is 12.0 Å². The van der Waals surface area contributed by atoms with E-state index in [0.717, 1.165) is 0 Å². The molecule has 0 aromatic heterocycles. The Balaban J connectivity index is 2.84. The van der Waals surface area contributed by atoms with Gasteiger partial charge in [0.2, 0.25) is 0 Å². The highest BCUT2D eigenvalue weighted by molar-refractivity contribution is 8.01. The quantitative estimate of drug-likeness (QED) is 0.559. The predicted octanol–water partition coefficient (Wildman–Crippen LogP) is 2.21. The molecule has 1 heterocycles. The van der Waals surface area contributed by atoms with E-state index in [4.69, 9.17) is 0 Å². The second-order valence-corrected chi connectivity index (χ2v) is 2.68. The molecule has 2 heteroatoms. The lowest BCUT2D eigenvalue weighted by atomic mass is 10.3. The fraction of sp³-hybridized carbons (Fsp3) is 0.143. The van der Waals surface area contributed by atoms with Crippen molar-refractivity contribution in [1.82, 2.24) is 4.72 Å². The lowest BCUT2D eigenvalue weighted by Gasteiger charge is -2.08. The fourth-order valence-electron chi connectivity index (χ4n) is 0.622. The standard InChI is InChI=1S/C7H9NS/c1-3-7-6(2)4-5-8-9-7/h3-5,8H,1H2,2H3. The molecule has 0 aromatic rings. The van der Waals surface area contributed by atoms with Gasteiger partial charge in [-0.15, -0.1) is 0 Å². The Morgan fingerprint density at radius 3 is 3.00 bits per heavy atom. The van der Waals surface area contributed by atoms with Gasteiger partial charge < -0.3 is 4.72 Å². The second kappa shape index (κ2) is 2.78. The molecule has 0 radical (unpaired) electrons.